The summed E-state index contributed by atoms with van der Waals surface area (Å²) in [6.45, 7) is 3.62. The minimum absolute atomic E-state index is 0.0185. The van der Waals surface area contributed by atoms with Gasteiger partial charge in [0.2, 0.25) is 0 Å². The van der Waals surface area contributed by atoms with Crippen LogP contribution in [-0.2, 0) is 14.3 Å². The summed E-state index contributed by atoms with van der Waals surface area (Å²) in [5.74, 6) is -0.162. The fourth-order valence-electron chi connectivity index (χ4n) is 1.41. The van der Waals surface area contributed by atoms with E-state index in [1.165, 1.54) is 7.11 Å². The molecule has 0 aromatic rings. The molecule has 12 heavy (non-hydrogen) atoms. The molecule has 1 rings (SSSR count). The van der Waals surface area contributed by atoms with Crippen LogP contribution in [0.2, 0.25) is 0 Å². The molecule has 0 amide bonds. The first kappa shape index (κ1) is 8.97. The van der Waals surface area contributed by atoms with Crippen molar-refractivity contribution in [3.63, 3.8) is 0 Å². The van der Waals surface area contributed by atoms with E-state index in [2.05, 4.69) is 11.3 Å². The summed E-state index contributed by atoms with van der Waals surface area (Å²) in [6.07, 6.45) is 1.77. The highest BCUT2D eigenvalue weighted by Gasteiger charge is 2.27. The quantitative estimate of drug-likeness (QED) is 0.458. The summed E-state index contributed by atoms with van der Waals surface area (Å²) in [4.78, 5) is 21.8. The van der Waals surface area contributed by atoms with Gasteiger partial charge in [0.1, 0.15) is 5.78 Å². The highest BCUT2D eigenvalue weighted by Crippen LogP contribution is 2.28. The van der Waals surface area contributed by atoms with Gasteiger partial charge in [-0.15, -0.1) is 0 Å². The summed E-state index contributed by atoms with van der Waals surface area (Å²) in [6, 6.07) is 0. The maximum absolute atomic E-state index is 11.0. The zero-order valence-electron chi connectivity index (χ0n) is 7.13. The number of carbonyl (C=O) groups is 2. The molecule has 0 N–H and O–H groups in total. The average Bonchev–Trinajstić information content (AvgIpc) is 2.49. The van der Waals surface area contributed by atoms with Crippen molar-refractivity contribution in [2.24, 2.45) is 5.92 Å². The van der Waals surface area contributed by atoms with Crippen LogP contribution in [0.15, 0.2) is 12.2 Å². The molecule has 0 heterocycles. The summed E-state index contributed by atoms with van der Waals surface area (Å²) < 4.78 is 4.51. The largest absolute Gasteiger partial charge is 0.466 e. The van der Waals surface area contributed by atoms with Crippen LogP contribution in [0, 0.1) is 5.92 Å². The zero-order chi connectivity index (χ0) is 9.14. The lowest BCUT2D eigenvalue weighted by Gasteiger charge is -2.08. The van der Waals surface area contributed by atoms with Gasteiger partial charge in [0.25, 0.3) is 0 Å². The van der Waals surface area contributed by atoms with Gasteiger partial charge in [0.05, 0.1) is 7.11 Å². The van der Waals surface area contributed by atoms with Crippen LogP contribution >= 0.6 is 0 Å². The van der Waals surface area contributed by atoms with Gasteiger partial charge in [0.15, 0.2) is 0 Å². The van der Waals surface area contributed by atoms with Crippen LogP contribution in [0.3, 0.4) is 0 Å². The van der Waals surface area contributed by atoms with E-state index in [0.29, 0.717) is 18.4 Å². The fraction of sp³-hybridized carbons (Fsp3) is 0.556. The molecule has 0 spiro atoms. The predicted molar refractivity (Wildman–Crippen MR) is 43.5 cm³/mol. The predicted octanol–water partition coefficient (Wildman–Crippen LogP) is 1.08. The molecule has 1 saturated carbocycles. The van der Waals surface area contributed by atoms with Gasteiger partial charge in [-0.1, -0.05) is 6.58 Å². The van der Waals surface area contributed by atoms with Crippen molar-refractivity contribution in [3.8, 4) is 0 Å². The Balaban J connectivity index is 2.54. The normalized spacial score (nSPS) is 22.4. The number of hydrogen-bond acceptors (Lipinski definition) is 3. The van der Waals surface area contributed by atoms with E-state index in [1.807, 2.05) is 0 Å². The van der Waals surface area contributed by atoms with Crippen molar-refractivity contribution >= 4 is 11.8 Å². The van der Waals surface area contributed by atoms with Gasteiger partial charge in [-0.25, -0.2) is 4.79 Å². The third kappa shape index (κ3) is 1.72. The van der Waals surface area contributed by atoms with Gasteiger partial charge in [-0.05, 0) is 12.3 Å². The van der Waals surface area contributed by atoms with Crippen molar-refractivity contribution in [2.75, 3.05) is 7.11 Å². The molecule has 1 aliphatic carbocycles. The van der Waals surface area contributed by atoms with Crippen LogP contribution < -0.4 is 0 Å². The average molecular weight is 168 g/mol. The summed E-state index contributed by atoms with van der Waals surface area (Å²) in [5, 5.41) is 0. The van der Waals surface area contributed by atoms with Crippen LogP contribution in [-0.4, -0.2) is 18.9 Å². The molecule has 0 saturated heterocycles. The van der Waals surface area contributed by atoms with Gasteiger partial charge in [-0.2, -0.15) is 0 Å². The lowest BCUT2D eigenvalue weighted by Crippen LogP contribution is -2.11. The Hall–Kier alpha value is -1.12. The topological polar surface area (TPSA) is 43.4 Å². The molecule has 0 aromatic heterocycles. The Morgan fingerprint density at radius 1 is 1.67 bits per heavy atom. The van der Waals surface area contributed by atoms with E-state index in [0.717, 1.165) is 6.42 Å². The Morgan fingerprint density at radius 3 is 2.75 bits per heavy atom. The van der Waals surface area contributed by atoms with Gasteiger partial charge in [-0.3, -0.25) is 4.79 Å². The van der Waals surface area contributed by atoms with Gasteiger partial charge < -0.3 is 4.74 Å². The first-order valence-corrected chi connectivity index (χ1v) is 3.94. The number of carbonyl (C=O) groups excluding carboxylic acids is 2. The minimum Gasteiger partial charge on any atom is -0.466 e. The van der Waals surface area contributed by atoms with Gasteiger partial charge >= 0.3 is 5.97 Å². The minimum atomic E-state index is -0.394. The maximum Gasteiger partial charge on any atom is 0.333 e. The zero-order valence-corrected chi connectivity index (χ0v) is 7.13. The van der Waals surface area contributed by atoms with Crippen molar-refractivity contribution in [2.45, 2.75) is 19.3 Å². The number of ether oxygens (including phenoxy) is 1. The molecule has 1 fully saturated rings. The van der Waals surface area contributed by atoms with Crippen LogP contribution in [0.4, 0.5) is 0 Å². The third-order valence-electron chi connectivity index (χ3n) is 2.19. The van der Waals surface area contributed by atoms with Crippen LogP contribution in [0.25, 0.3) is 0 Å². The van der Waals surface area contributed by atoms with E-state index in [1.54, 1.807) is 0 Å². The molecular weight excluding hydrogens is 156 g/mol. The molecule has 0 aliphatic heterocycles. The van der Waals surface area contributed by atoms with E-state index in [4.69, 9.17) is 0 Å². The first-order valence-electron chi connectivity index (χ1n) is 3.94. The number of rotatable bonds is 2. The van der Waals surface area contributed by atoms with Crippen molar-refractivity contribution in [1.29, 1.82) is 0 Å². The second-order valence-electron chi connectivity index (χ2n) is 3.00. The number of esters is 1. The first-order chi connectivity index (χ1) is 5.65. The highest BCUT2D eigenvalue weighted by atomic mass is 16.5. The standard InChI is InChI=1S/C9H12O3/c1-6(9(11)12-2)7-3-4-8(10)5-7/h7H,1,3-5H2,2H3. The number of ketones is 1. The van der Waals surface area contributed by atoms with Crippen LogP contribution in [0.1, 0.15) is 19.3 Å². The molecule has 1 unspecified atom stereocenters. The smallest absolute Gasteiger partial charge is 0.333 e. The van der Waals surface area contributed by atoms with Gasteiger partial charge in [0, 0.05) is 18.4 Å². The lowest BCUT2D eigenvalue weighted by atomic mass is 9.99. The monoisotopic (exact) mass is 168 g/mol. The number of hydrogen-bond donors (Lipinski definition) is 0. The molecule has 0 radical (unpaired) electrons. The Bertz CT molecular complexity index is 230. The van der Waals surface area contributed by atoms with E-state index in [-0.39, 0.29) is 11.7 Å². The number of methoxy groups -OCH3 is 1. The second kappa shape index (κ2) is 3.52. The molecule has 66 valence electrons. The third-order valence-corrected chi connectivity index (χ3v) is 2.19. The molecule has 0 aromatic carbocycles. The van der Waals surface area contributed by atoms with E-state index in [9.17, 15) is 9.59 Å². The van der Waals surface area contributed by atoms with E-state index < -0.39 is 5.97 Å². The van der Waals surface area contributed by atoms with Crippen molar-refractivity contribution < 1.29 is 14.3 Å². The van der Waals surface area contributed by atoms with Crippen LogP contribution in [0.5, 0.6) is 0 Å². The summed E-state index contributed by atoms with van der Waals surface area (Å²) in [5.41, 5.74) is 0.434. The Labute approximate surface area is 71.4 Å². The lowest BCUT2D eigenvalue weighted by molar-refractivity contribution is -0.136. The number of Topliss-reactive ketones (excluding diaryl/α,β-unsaturated/α-hetero) is 1. The molecular formula is C9H12O3. The highest BCUT2D eigenvalue weighted by molar-refractivity contribution is 5.91. The van der Waals surface area contributed by atoms with E-state index >= 15 is 0 Å². The molecule has 1 atom stereocenters. The molecule has 1 aliphatic rings. The molecule has 3 heteroatoms. The maximum atomic E-state index is 11.0. The summed E-state index contributed by atoms with van der Waals surface area (Å²) in [7, 11) is 1.32. The molecule has 3 nitrogen and oxygen atoms in total. The van der Waals surface area contributed by atoms with Crippen molar-refractivity contribution in [1.82, 2.24) is 0 Å². The fourth-order valence-corrected chi connectivity index (χ4v) is 1.41. The SMILES string of the molecule is C=C(C(=O)OC)C1CCC(=O)C1. The second-order valence-corrected chi connectivity index (χ2v) is 3.00. The Kier molecular flexibility index (Phi) is 2.63. The summed E-state index contributed by atoms with van der Waals surface area (Å²) >= 11 is 0. The molecule has 0 bridgehead atoms. The Morgan fingerprint density at radius 2 is 2.33 bits per heavy atom. The van der Waals surface area contributed by atoms with Crippen molar-refractivity contribution in [3.05, 3.63) is 12.2 Å².